The van der Waals surface area contributed by atoms with Crippen LogP contribution < -0.4 is 0 Å². The molecule has 0 spiro atoms. The van der Waals surface area contributed by atoms with E-state index in [1.54, 1.807) is 19.1 Å². The monoisotopic (exact) mass is 355 g/mol. The maximum absolute atomic E-state index is 12.9. The molecule has 0 amide bonds. The Kier molecular flexibility index (Phi) is 4.68. The van der Waals surface area contributed by atoms with Gasteiger partial charge in [0.1, 0.15) is 11.9 Å². The second-order valence-corrected chi connectivity index (χ2v) is 8.05. The number of rotatable bonds is 4. The Morgan fingerprint density at radius 2 is 1.68 bits per heavy atom. The van der Waals surface area contributed by atoms with Gasteiger partial charge in [0.2, 0.25) is 0 Å². The average molecular weight is 355 g/mol. The molecule has 0 N–H and O–H groups in total. The van der Waals surface area contributed by atoms with Crippen molar-refractivity contribution in [2.24, 2.45) is 0 Å². The number of ether oxygens (including phenoxy) is 1. The lowest BCUT2D eigenvalue weighted by Gasteiger charge is -2.32. The minimum absolute atomic E-state index is 0.232. The van der Waals surface area contributed by atoms with Gasteiger partial charge in [0, 0.05) is 0 Å². The molecule has 1 aliphatic rings. The molecule has 0 aliphatic carbocycles. The number of benzene rings is 2. The summed E-state index contributed by atoms with van der Waals surface area (Å²) in [6, 6.07) is 16.8. The van der Waals surface area contributed by atoms with Crippen LogP contribution in [0, 0.1) is 0 Å². The van der Waals surface area contributed by atoms with Crippen molar-refractivity contribution in [2.45, 2.75) is 24.8 Å². The van der Waals surface area contributed by atoms with Gasteiger partial charge >= 0.3 is 0 Å². The summed E-state index contributed by atoms with van der Waals surface area (Å²) in [7, 11) is -3.62. The third-order valence-electron chi connectivity index (χ3n) is 4.12. The van der Waals surface area contributed by atoms with Crippen molar-refractivity contribution >= 4 is 10.0 Å². The van der Waals surface area contributed by atoms with Gasteiger partial charge in [0.15, 0.2) is 0 Å². The molecule has 0 saturated heterocycles. The molecule has 0 fully saturated rings. The molecule has 0 aromatic heterocycles. The van der Waals surface area contributed by atoms with Crippen molar-refractivity contribution in [3.05, 3.63) is 78.7 Å². The lowest BCUT2D eigenvalue weighted by atomic mass is 10.1. The second kappa shape index (κ2) is 6.76. The fourth-order valence-corrected chi connectivity index (χ4v) is 4.09. The van der Waals surface area contributed by atoms with Gasteiger partial charge in [-0.3, -0.25) is 4.31 Å². The number of nitrogens with zero attached hydrogens (tertiary/aromatic N) is 1. The normalized spacial score (nSPS) is 17.6. The summed E-state index contributed by atoms with van der Waals surface area (Å²) in [5.41, 5.74) is 2.83. The fourth-order valence-electron chi connectivity index (χ4n) is 2.72. The highest BCUT2D eigenvalue weighted by atomic mass is 32.2. The molecule has 1 heterocycles. The predicted molar refractivity (Wildman–Crippen MR) is 99.2 cm³/mol. The van der Waals surface area contributed by atoms with Crippen molar-refractivity contribution < 1.29 is 13.2 Å². The Balaban J connectivity index is 1.90. The first-order chi connectivity index (χ1) is 11.9. The molecular formula is C20H21NO3S. The van der Waals surface area contributed by atoms with E-state index in [1.165, 1.54) is 10.5 Å². The van der Waals surface area contributed by atoms with Gasteiger partial charge in [0.25, 0.3) is 10.0 Å². The zero-order valence-electron chi connectivity index (χ0n) is 14.3. The second-order valence-electron chi connectivity index (χ2n) is 6.16. The Morgan fingerprint density at radius 3 is 2.28 bits per heavy atom. The molecule has 2 aromatic carbocycles. The highest BCUT2D eigenvalue weighted by molar-refractivity contribution is 7.89. The van der Waals surface area contributed by atoms with Gasteiger partial charge in [-0.25, -0.2) is 8.42 Å². The lowest BCUT2D eigenvalue weighted by Crippen LogP contribution is -2.38. The van der Waals surface area contributed by atoms with E-state index in [9.17, 15) is 8.42 Å². The Morgan fingerprint density at radius 1 is 1.08 bits per heavy atom. The summed E-state index contributed by atoms with van der Waals surface area (Å²) < 4.78 is 32.9. The van der Waals surface area contributed by atoms with Crippen molar-refractivity contribution in [3.63, 3.8) is 0 Å². The molecule has 1 atom stereocenters. The summed E-state index contributed by atoms with van der Waals surface area (Å²) >= 11 is 0. The van der Waals surface area contributed by atoms with Crippen LogP contribution in [0.1, 0.15) is 13.8 Å². The van der Waals surface area contributed by atoms with Crippen LogP contribution >= 0.6 is 0 Å². The van der Waals surface area contributed by atoms with E-state index in [1.807, 2.05) is 49.4 Å². The van der Waals surface area contributed by atoms with Crippen molar-refractivity contribution in [1.82, 2.24) is 4.31 Å². The lowest BCUT2D eigenvalue weighted by molar-refractivity contribution is 0.110. The van der Waals surface area contributed by atoms with Gasteiger partial charge < -0.3 is 4.74 Å². The Labute approximate surface area is 149 Å². The molecular weight excluding hydrogens is 334 g/mol. The smallest absolute Gasteiger partial charge is 0.264 e. The topological polar surface area (TPSA) is 46.6 Å². The summed E-state index contributed by atoms with van der Waals surface area (Å²) in [6.07, 6.45) is 1.20. The SMILES string of the molecule is C=C(C)C1CN(S(=O)(=O)c2ccc(-c3ccccc3)cc2)C=C(C)O1. The average Bonchev–Trinajstić information content (AvgIpc) is 2.62. The summed E-state index contributed by atoms with van der Waals surface area (Å²) in [5.74, 6) is 0.559. The van der Waals surface area contributed by atoms with Crippen molar-refractivity contribution in [1.29, 1.82) is 0 Å². The van der Waals surface area contributed by atoms with Crippen LogP contribution in [0.15, 0.2) is 83.6 Å². The summed E-state index contributed by atoms with van der Waals surface area (Å²) in [6.45, 7) is 7.69. The third kappa shape index (κ3) is 3.61. The molecule has 130 valence electrons. The zero-order valence-corrected chi connectivity index (χ0v) is 15.2. The number of sulfonamides is 1. The number of hydrogen-bond acceptors (Lipinski definition) is 3. The molecule has 0 bridgehead atoms. The van der Waals surface area contributed by atoms with E-state index in [0.29, 0.717) is 5.76 Å². The van der Waals surface area contributed by atoms with Crippen LogP contribution in [-0.4, -0.2) is 25.4 Å². The van der Waals surface area contributed by atoms with Crippen LogP contribution in [0.5, 0.6) is 0 Å². The first-order valence-electron chi connectivity index (χ1n) is 8.06. The Hall–Kier alpha value is -2.53. The Bertz CT molecular complexity index is 900. The van der Waals surface area contributed by atoms with E-state index >= 15 is 0 Å². The molecule has 3 rings (SSSR count). The van der Waals surface area contributed by atoms with Crippen LogP contribution in [0.2, 0.25) is 0 Å². The van der Waals surface area contributed by atoms with Gasteiger partial charge in [0.05, 0.1) is 17.6 Å². The van der Waals surface area contributed by atoms with E-state index < -0.39 is 10.0 Å². The largest absolute Gasteiger partial charge is 0.487 e. The van der Waals surface area contributed by atoms with Gasteiger partial charge in [-0.1, -0.05) is 49.0 Å². The predicted octanol–water partition coefficient (Wildman–Crippen LogP) is 4.18. The molecule has 2 aromatic rings. The van der Waals surface area contributed by atoms with E-state index in [4.69, 9.17) is 4.74 Å². The molecule has 5 heteroatoms. The molecule has 0 radical (unpaired) electrons. The molecule has 1 unspecified atom stereocenters. The molecule has 25 heavy (non-hydrogen) atoms. The first-order valence-corrected chi connectivity index (χ1v) is 9.50. The number of hydrogen-bond donors (Lipinski definition) is 0. The van der Waals surface area contributed by atoms with Gasteiger partial charge in [-0.05, 0) is 42.7 Å². The maximum atomic E-state index is 12.9. The van der Waals surface area contributed by atoms with Crippen LogP contribution in [0.25, 0.3) is 11.1 Å². The minimum Gasteiger partial charge on any atom is -0.487 e. The van der Waals surface area contributed by atoms with E-state index in [2.05, 4.69) is 6.58 Å². The first kappa shape index (κ1) is 17.3. The van der Waals surface area contributed by atoms with E-state index in [-0.39, 0.29) is 17.5 Å². The van der Waals surface area contributed by atoms with Crippen LogP contribution in [0.4, 0.5) is 0 Å². The highest BCUT2D eigenvalue weighted by Gasteiger charge is 2.29. The van der Waals surface area contributed by atoms with Gasteiger partial charge in [-0.2, -0.15) is 0 Å². The van der Waals surface area contributed by atoms with Crippen molar-refractivity contribution in [2.75, 3.05) is 6.54 Å². The number of allylic oxidation sites excluding steroid dienone is 1. The fraction of sp³-hybridized carbons (Fsp3) is 0.200. The summed E-state index contributed by atoms with van der Waals surface area (Å²) in [5, 5.41) is 0. The zero-order chi connectivity index (χ0) is 18.0. The minimum atomic E-state index is -3.62. The van der Waals surface area contributed by atoms with Crippen molar-refractivity contribution in [3.8, 4) is 11.1 Å². The molecule has 1 aliphatic heterocycles. The molecule has 4 nitrogen and oxygen atoms in total. The van der Waals surface area contributed by atoms with Gasteiger partial charge in [-0.15, -0.1) is 0 Å². The highest BCUT2D eigenvalue weighted by Crippen LogP contribution is 2.26. The third-order valence-corrected chi connectivity index (χ3v) is 5.86. The van der Waals surface area contributed by atoms with Crippen LogP contribution in [-0.2, 0) is 14.8 Å². The molecule has 0 saturated carbocycles. The quantitative estimate of drug-likeness (QED) is 0.773. The van der Waals surface area contributed by atoms with E-state index in [0.717, 1.165) is 16.7 Å². The summed E-state index contributed by atoms with van der Waals surface area (Å²) in [4.78, 5) is 0.263. The maximum Gasteiger partial charge on any atom is 0.264 e. The van der Waals surface area contributed by atoms with Crippen LogP contribution in [0.3, 0.4) is 0 Å². The standard InChI is InChI=1S/C20H21NO3S/c1-15(2)20-14-21(13-16(3)24-20)25(22,23)19-11-9-18(10-12-19)17-7-5-4-6-8-17/h4-13,20H,1,14H2,2-3H3.